The van der Waals surface area contributed by atoms with Crippen LogP contribution in [0.2, 0.25) is 0 Å². The molecule has 0 saturated carbocycles. The van der Waals surface area contributed by atoms with Crippen molar-refractivity contribution in [1.82, 2.24) is 9.78 Å². The minimum Gasteiger partial charge on any atom is -0.495 e. The summed E-state index contributed by atoms with van der Waals surface area (Å²) < 4.78 is 8.32. The molecule has 0 amide bonds. The summed E-state index contributed by atoms with van der Waals surface area (Å²) in [6, 6.07) is 10.1. The van der Waals surface area contributed by atoms with Gasteiger partial charge < -0.3 is 10.5 Å². The Labute approximate surface area is 109 Å². The van der Waals surface area contributed by atoms with E-state index < -0.39 is 0 Å². The zero-order valence-electron chi connectivity index (χ0n) is 10.2. The molecule has 0 spiro atoms. The molecule has 0 fully saturated rings. The van der Waals surface area contributed by atoms with Crippen molar-refractivity contribution in [3.63, 3.8) is 0 Å². The monoisotopic (exact) mass is 259 g/mol. The average Bonchev–Trinajstić information content (AvgIpc) is 2.91. The normalized spacial score (nSPS) is 11.0. The van der Waals surface area contributed by atoms with Gasteiger partial charge in [-0.1, -0.05) is 12.1 Å². The lowest BCUT2D eigenvalue weighted by molar-refractivity contribution is 0.420. The number of anilines is 1. The zero-order chi connectivity index (χ0) is 12.7. The first kappa shape index (κ1) is 11.1. The van der Waals surface area contributed by atoms with Gasteiger partial charge in [0.1, 0.15) is 11.6 Å². The number of benzene rings is 1. The first-order valence-electron chi connectivity index (χ1n) is 5.55. The number of nitrogens with two attached hydrogens (primary N) is 1. The zero-order valence-corrected chi connectivity index (χ0v) is 11.0. The maximum absolute atomic E-state index is 5.72. The van der Waals surface area contributed by atoms with E-state index >= 15 is 0 Å². The molecule has 0 aliphatic heterocycles. The number of nitrogens with zero attached hydrogens (tertiary/aromatic N) is 2. The summed E-state index contributed by atoms with van der Waals surface area (Å²) in [5, 5.41) is 5.35. The summed E-state index contributed by atoms with van der Waals surface area (Å²) in [5.41, 5.74) is 6.74. The molecule has 2 aromatic heterocycles. The van der Waals surface area contributed by atoms with Crippen LogP contribution in [0.25, 0.3) is 20.7 Å². The van der Waals surface area contributed by atoms with Crippen molar-refractivity contribution in [2.45, 2.75) is 0 Å². The molecule has 0 aliphatic carbocycles. The third-order valence-corrected chi connectivity index (χ3v) is 4.07. The first-order chi connectivity index (χ1) is 8.69. The van der Waals surface area contributed by atoms with Crippen molar-refractivity contribution in [2.75, 3.05) is 12.8 Å². The Hall–Kier alpha value is -2.01. The molecule has 18 heavy (non-hydrogen) atoms. The molecule has 1 aromatic carbocycles. The van der Waals surface area contributed by atoms with Gasteiger partial charge in [0.25, 0.3) is 0 Å². The molecule has 0 aliphatic rings. The number of hydrogen-bond donors (Lipinski definition) is 1. The highest BCUT2D eigenvalue weighted by molar-refractivity contribution is 7.22. The fourth-order valence-electron chi connectivity index (χ4n) is 2.04. The SMILES string of the molecule is COc1cccc2cc(-c3cc(N)nn3C)sc12. The van der Waals surface area contributed by atoms with Crippen molar-refractivity contribution in [3.8, 4) is 16.3 Å². The number of rotatable bonds is 2. The van der Waals surface area contributed by atoms with Gasteiger partial charge in [0.15, 0.2) is 0 Å². The lowest BCUT2D eigenvalue weighted by Gasteiger charge is -1.99. The Kier molecular flexibility index (Phi) is 2.48. The predicted molar refractivity (Wildman–Crippen MR) is 75.0 cm³/mol. The summed E-state index contributed by atoms with van der Waals surface area (Å²) in [7, 11) is 3.59. The van der Waals surface area contributed by atoms with Gasteiger partial charge in [0.05, 0.1) is 22.4 Å². The molecule has 0 radical (unpaired) electrons. The molecule has 0 atom stereocenters. The van der Waals surface area contributed by atoms with Gasteiger partial charge in [-0.15, -0.1) is 11.3 Å². The second-order valence-electron chi connectivity index (χ2n) is 4.07. The fraction of sp³-hybridized carbons (Fsp3) is 0.154. The van der Waals surface area contributed by atoms with Crippen LogP contribution in [0.5, 0.6) is 5.75 Å². The summed E-state index contributed by atoms with van der Waals surface area (Å²) in [4.78, 5) is 1.14. The van der Waals surface area contributed by atoms with Crippen molar-refractivity contribution in [1.29, 1.82) is 0 Å². The van der Waals surface area contributed by atoms with Gasteiger partial charge in [-0.2, -0.15) is 5.10 Å². The Balaban J connectivity index is 2.22. The van der Waals surface area contributed by atoms with Gasteiger partial charge in [0, 0.05) is 13.1 Å². The number of fused-ring (bicyclic) bond motifs is 1. The van der Waals surface area contributed by atoms with E-state index in [2.05, 4.69) is 17.2 Å². The molecule has 0 bridgehead atoms. The first-order valence-corrected chi connectivity index (χ1v) is 6.37. The van der Waals surface area contributed by atoms with Crippen LogP contribution < -0.4 is 10.5 Å². The molecule has 0 unspecified atom stereocenters. The smallest absolute Gasteiger partial charge is 0.146 e. The lowest BCUT2D eigenvalue weighted by Crippen LogP contribution is -1.93. The number of aryl methyl sites for hydroxylation is 1. The Bertz CT molecular complexity index is 714. The number of methoxy groups -OCH3 is 1. The molecule has 2 N–H and O–H groups in total. The molecule has 3 aromatic rings. The summed E-state index contributed by atoms with van der Waals surface area (Å²) in [6.45, 7) is 0. The maximum Gasteiger partial charge on any atom is 0.146 e. The average molecular weight is 259 g/mol. The van der Waals surface area contributed by atoms with Crippen LogP contribution in [0.4, 0.5) is 5.82 Å². The van der Waals surface area contributed by atoms with E-state index in [1.807, 2.05) is 25.2 Å². The summed E-state index contributed by atoms with van der Waals surface area (Å²) in [6.07, 6.45) is 0. The number of hydrogen-bond acceptors (Lipinski definition) is 4. The van der Waals surface area contributed by atoms with Crippen molar-refractivity contribution < 1.29 is 4.74 Å². The van der Waals surface area contributed by atoms with Crippen molar-refractivity contribution in [2.24, 2.45) is 7.05 Å². The summed E-state index contributed by atoms with van der Waals surface area (Å²) >= 11 is 1.69. The van der Waals surface area contributed by atoms with E-state index in [4.69, 9.17) is 10.5 Å². The minimum atomic E-state index is 0.539. The Morgan fingerprint density at radius 2 is 2.17 bits per heavy atom. The third kappa shape index (κ3) is 1.64. The van der Waals surface area contributed by atoms with Gasteiger partial charge in [-0.25, -0.2) is 0 Å². The van der Waals surface area contributed by atoms with E-state index in [-0.39, 0.29) is 0 Å². The quantitative estimate of drug-likeness (QED) is 0.770. The van der Waals surface area contributed by atoms with Crippen molar-refractivity contribution >= 4 is 27.2 Å². The standard InChI is InChI=1S/C13H13N3OS/c1-16-9(7-12(14)15-16)11-6-8-4-3-5-10(17-2)13(8)18-11/h3-7H,1-2H3,(H2,14,15). The number of nitrogen functional groups attached to an aromatic ring is 1. The molecule has 2 heterocycles. The van der Waals surface area contributed by atoms with E-state index in [1.54, 1.807) is 23.1 Å². The maximum atomic E-state index is 5.72. The Morgan fingerprint density at radius 3 is 2.83 bits per heavy atom. The van der Waals surface area contributed by atoms with E-state index in [9.17, 15) is 0 Å². The molecular weight excluding hydrogens is 246 g/mol. The molecule has 0 saturated heterocycles. The molecule has 92 valence electrons. The van der Waals surface area contributed by atoms with Crippen LogP contribution in [-0.4, -0.2) is 16.9 Å². The predicted octanol–water partition coefficient (Wildman–Crippen LogP) is 2.89. The fourth-order valence-corrected chi connectivity index (χ4v) is 3.24. The van der Waals surface area contributed by atoms with Crippen LogP contribution in [0, 0.1) is 0 Å². The highest BCUT2D eigenvalue weighted by Crippen LogP contribution is 2.38. The van der Waals surface area contributed by atoms with E-state index in [0.29, 0.717) is 5.82 Å². The van der Waals surface area contributed by atoms with Crippen LogP contribution in [0.15, 0.2) is 30.3 Å². The molecular formula is C13H13N3OS. The van der Waals surface area contributed by atoms with Crippen LogP contribution in [0.3, 0.4) is 0 Å². The molecule has 5 heteroatoms. The molecule has 3 rings (SSSR count). The molecule has 4 nitrogen and oxygen atoms in total. The van der Waals surface area contributed by atoms with Gasteiger partial charge in [-0.3, -0.25) is 4.68 Å². The minimum absolute atomic E-state index is 0.539. The number of ether oxygens (including phenoxy) is 1. The van der Waals surface area contributed by atoms with Gasteiger partial charge in [0.2, 0.25) is 0 Å². The highest BCUT2D eigenvalue weighted by Gasteiger charge is 2.11. The van der Waals surface area contributed by atoms with Crippen molar-refractivity contribution in [3.05, 3.63) is 30.3 Å². The van der Waals surface area contributed by atoms with E-state index in [1.165, 1.54) is 5.39 Å². The third-order valence-electron chi connectivity index (χ3n) is 2.88. The summed E-state index contributed by atoms with van der Waals surface area (Å²) in [5.74, 6) is 1.44. The van der Waals surface area contributed by atoms with Crippen LogP contribution in [-0.2, 0) is 7.05 Å². The number of thiophene rings is 1. The second kappa shape index (κ2) is 4.03. The van der Waals surface area contributed by atoms with Crippen LogP contribution in [0.1, 0.15) is 0 Å². The van der Waals surface area contributed by atoms with E-state index in [0.717, 1.165) is 21.0 Å². The van der Waals surface area contributed by atoms with Crippen LogP contribution >= 0.6 is 11.3 Å². The Morgan fingerprint density at radius 1 is 1.33 bits per heavy atom. The lowest BCUT2D eigenvalue weighted by atomic mass is 10.2. The second-order valence-corrected chi connectivity index (χ2v) is 5.12. The largest absolute Gasteiger partial charge is 0.495 e. The highest BCUT2D eigenvalue weighted by atomic mass is 32.1. The number of aromatic nitrogens is 2. The van der Waals surface area contributed by atoms with Gasteiger partial charge >= 0.3 is 0 Å². The van der Waals surface area contributed by atoms with Gasteiger partial charge in [-0.05, 0) is 17.5 Å². The topological polar surface area (TPSA) is 53.1 Å².